The molecule has 16 atom stereocenters. The molecule has 0 aromatic carbocycles. The molecule has 7 fully saturated rings. The van der Waals surface area contributed by atoms with E-state index in [2.05, 4.69) is 11.8 Å². The average molecular weight is 676 g/mol. The summed E-state index contributed by atoms with van der Waals surface area (Å²) >= 11 is 0. The van der Waals surface area contributed by atoms with Crippen LogP contribution in [0.15, 0.2) is 11.6 Å². The lowest BCUT2D eigenvalue weighted by Crippen LogP contribution is -2.77. The van der Waals surface area contributed by atoms with Gasteiger partial charge in [0.1, 0.15) is 11.7 Å². The Hall–Kier alpha value is -2.09. The van der Waals surface area contributed by atoms with Crippen LogP contribution in [0.25, 0.3) is 0 Å². The Morgan fingerprint density at radius 3 is 2.29 bits per heavy atom. The lowest BCUT2D eigenvalue weighted by molar-refractivity contribution is -0.299. The Labute approximate surface area is 282 Å². The van der Waals surface area contributed by atoms with Gasteiger partial charge in [0, 0.05) is 55.8 Å². The van der Waals surface area contributed by atoms with Crippen LogP contribution in [0.4, 0.5) is 0 Å². The van der Waals surface area contributed by atoms with Crippen molar-refractivity contribution >= 4 is 17.9 Å². The number of hydrogen-bond acceptors (Lipinski definition) is 12. The zero-order valence-corrected chi connectivity index (χ0v) is 29.2. The molecule has 0 aromatic heterocycles. The molecule has 0 radical (unpaired) electrons. The van der Waals surface area contributed by atoms with Gasteiger partial charge in [0.25, 0.3) is 0 Å². The number of piperidine rings is 2. The van der Waals surface area contributed by atoms with Gasteiger partial charge in [0.2, 0.25) is 5.79 Å². The first-order valence-corrected chi connectivity index (χ1v) is 17.8. The van der Waals surface area contributed by atoms with Crippen LogP contribution in [0.3, 0.4) is 0 Å². The number of carbonyl (C=O) groups is 3. The lowest BCUT2D eigenvalue weighted by atomic mass is 9.49. The summed E-state index contributed by atoms with van der Waals surface area (Å²) in [6.07, 6.45) is -0.515. The highest BCUT2D eigenvalue weighted by molar-refractivity contribution is 5.87. The molecule has 3 heterocycles. The topological polar surface area (TPSA) is 172 Å². The van der Waals surface area contributed by atoms with E-state index in [1.54, 1.807) is 26.8 Å². The van der Waals surface area contributed by atoms with Gasteiger partial charge in [0.05, 0.1) is 23.2 Å². The van der Waals surface area contributed by atoms with E-state index >= 15 is 0 Å². The van der Waals surface area contributed by atoms with Crippen LogP contribution in [-0.2, 0) is 33.3 Å². The van der Waals surface area contributed by atoms with Gasteiger partial charge >= 0.3 is 17.9 Å². The van der Waals surface area contributed by atoms with Crippen LogP contribution in [-0.4, -0.2) is 109 Å². The number of carbonyl (C=O) groups excluding carboxylic acids is 3. The first-order valence-electron chi connectivity index (χ1n) is 17.8. The van der Waals surface area contributed by atoms with Gasteiger partial charge in [-0.25, -0.2) is 4.79 Å². The zero-order chi connectivity index (χ0) is 34.9. The number of esters is 3. The van der Waals surface area contributed by atoms with Crippen LogP contribution < -0.4 is 0 Å². The van der Waals surface area contributed by atoms with E-state index in [0.717, 1.165) is 19.4 Å². The quantitative estimate of drug-likeness (QED) is 0.194. The minimum absolute atomic E-state index is 0.105. The lowest BCUT2D eigenvalue weighted by Gasteiger charge is -2.64. The van der Waals surface area contributed by atoms with E-state index < -0.39 is 99.9 Å². The van der Waals surface area contributed by atoms with Crippen molar-refractivity contribution in [3.8, 4) is 0 Å². The van der Waals surface area contributed by atoms with Gasteiger partial charge in [-0.05, 0) is 77.0 Å². The highest BCUT2D eigenvalue weighted by Gasteiger charge is 2.87. The molecule has 7 rings (SSSR count). The van der Waals surface area contributed by atoms with Crippen LogP contribution >= 0.6 is 0 Å². The van der Waals surface area contributed by atoms with E-state index in [9.17, 15) is 34.8 Å². The summed E-state index contributed by atoms with van der Waals surface area (Å²) in [6, 6.07) is -0.228. The molecule has 4 aliphatic carbocycles. The maximum Gasteiger partial charge on any atom is 0.333 e. The van der Waals surface area contributed by atoms with Crippen molar-refractivity contribution in [1.82, 2.24) is 4.90 Å². The first-order chi connectivity index (χ1) is 22.4. The molecule has 268 valence electrons. The molecule has 0 amide bonds. The molecule has 12 nitrogen and oxygen atoms in total. The Morgan fingerprint density at radius 2 is 1.65 bits per heavy atom. The minimum Gasteiger partial charge on any atom is -0.462 e. The van der Waals surface area contributed by atoms with Crippen molar-refractivity contribution < 1.29 is 53.8 Å². The average Bonchev–Trinajstić information content (AvgIpc) is 3.27. The van der Waals surface area contributed by atoms with E-state index in [1.807, 2.05) is 6.92 Å². The van der Waals surface area contributed by atoms with Gasteiger partial charge in [0.15, 0.2) is 12.2 Å². The Morgan fingerprint density at radius 1 is 0.958 bits per heavy atom. The standard InChI is InChI=1S/C36H53NO11/c1-8-18(3)31(41)47-30-28(40)27-21(16-37-15-17(2)9-10-25(37)33(27,7)42)22-14-34-29(35(22,30)43)23(45-19(4)38)13-24-32(34,6)12-11-26(46-20(5)39)36(24,44)48-34/h8,17,21-30,40,42-44H,9-16H2,1-7H3/b18-8-/t17-,21-,22-,23+,24-,25-,26-,27+,28+,29+,30-,32-,33+,34+,35-,36-/m0/s1. The van der Waals surface area contributed by atoms with Crippen LogP contribution in [0.1, 0.15) is 87.0 Å². The molecule has 1 spiro atoms. The molecule has 3 aliphatic heterocycles. The SMILES string of the molecule is C/C=C(/C)C(=O)O[C@H]1[C@H](O)[C@H]2[C@@H](CN3C[C@@H](C)CC[C@H]3[C@@]2(C)O)[C@@H]2C[C@]34O[C@]5(O)[C@@H](OC(C)=O)CC[C@@]3(C)[C@@H]5C[C@@H](OC(C)=O)[C@H]4[C@@]21O. The number of rotatable bonds is 4. The maximum atomic E-state index is 13.5. The van der Waals surface area contributed by atoms with E-state index in [0.29, 0.717) is 30.9 Å². The number of fused-ring (bicyclic) bond motifs is 5. The van der Waals surface area contributed by atoms with Crippen molar-refractivity contribution in [3.63, 3.8) is 0 Å². The molecule has 4 bridgehead atoms. The van der Waals surface area contributed by atoms with E-state index in [-0.39, 0.29) is 18.9 Å². The fourth-order valence-electron chi connectivity index (χ4n) is 12.5. The number of ether oxygens (including phenoxy) is 4. The largest absolute Gasteiger partial charge is 0.462 e. The number of nitrogens with zero attached hydrogens (tertiary/aromatic N) is 1. The molecule has 12 heteroatoms. The fraction of sp³-hybridized carbons (Fsp3) is 0.861. The van der Waals surface area contributed by atoms with Crippen molar-refractivity contribution in [2.45, 2.75) is 140 Å². The summed E-state index contributed by atoms with van der Waals surface area (Å²) in [7, 11) is 0. The number of hydrogen-bond donors (Lipinski definition) is 4. The third-order valence-electron chi connectivity index (χ3n) is 14.4. The number of aliphatic hydroxyl groups excluding tert-OH is 1. The predicted octanol–water partition coefficient (Wildman–Crippen LogP) is 1.84. The van der Waals surface area contributed by atoms with Gasteiger partial charge in [-0.1, -0.05) is 19.9 Å². The molecule has 0 aromatic rings. The summed E-state index contributed by atoms with van der Waals surface area (Å²) in [4.78, 5) is 40.7. The highest BCUT2D eigenvalue weighted by Crippen LogP contribution is 2.77. The Balaban J connectivity index is 1.42. The summed E-state index contributed by atoms with van der Waals surface area (Å²) in [5.74, 6) is -6.90. The van der Waals surface area contributed by atoms with Crippen LogP contribution in [0.5, 0.6) is 0 Å². The van der Waals surface area contributed by atoms with Gasteiger partial charge in [-0.3, -0.25) is 14.5 Å². The summed E-state index contributed by atoms with van der Waals surface area (Å²) in [6.45, 7) is 13.1. The van der Waals surface area contributed by atoms with Gasteiger partial charge in [-0.15, -0.1) is 0 Å². The highest BCUT2D eigenvalue weighted by atomic mass is 16.7. The molecule has 3 saturated heterocycles. The van der Waals surface area contributed by atoms with E-state index in [4.69, 9.17) is 18.9 Å². The molecule has 4 N–H and O–H groups in total. The number of allylic oxidation sites excluding steroid dienone is 1. The molecule has 4 saturated carbocycles. The van der Waals surface area contributed by atoms with Crippen LogP contribution in [0.2, 0.25) is 0 Å². The third-order valence-corrected chi connectivity index (χ3v) is 14.4. The molecule has 48 heavy (non-hydrogen) atoms. The van der Waals surface area contributed by atoms with Crippen molar-refractivity contribution in [2.24, 2.45) is 40.9 Å². The zero-order valence-electron chi connectivity index (χ0n) is 29.2. The summed E-state index contributed by atoms with van der Waals surface area (Å²) in [5, 5.41) is 50.8. The van der Waals surface area contributed by atoms with Gasteiger partial charge < -0.3 is 39.4 Å². The monoisotopic (exact) mass is 675 g/mol. The van der Waals surface area contributed by atoms with Crippen molar-refractivity contribution in [1.29, 1.82) is 0 Å². The maximum absolute atomic E-state index is 13.5. The molecular weight excluding hydrogens is 622 g/mol. The smallest absolute Gasteiger partial charge is 0.333 e. The van der Waals surface area contributed by atoms with Crippen molar-refractivity contribution in [3.05, 3.63) is 11.6 Å². The third kappa shape index (κ3) is 4.31. The second-order valence-corrected chi connectivity index (χ2v) is 16.8. The second kappa shape index (κ2) is 11.0. The van der Waals surface area contributed by atoms with Crippen LogP contribution in [0, 0.1) is 40.9 Å². The van der Waals surface area contributed by atoms with Crippen molar-refractivity contribution in [2.75, 3.05) is 13.1 Å². The Kier molecular flexibility index (Phi) is 7.84. The summed E-state index contributed by atoms with van der Waals surface area (Å²) in [5.41, 5.74) is -5.15. The van der Waals surface area contributed by atoms with Gasteiger partial charge in [-0.2, -0.15) is 0 Å². The minimum atomic E-state index is -1.98. The fourth-order valence-corrected chi connectivity index (χ4v) is 12.5. The molecular formula is C36H53NO11. The summed E-state index contributed by atoms with van der Waals surface area (Å²) < 4.78 is 24.7. The Bertz CT molecular complexity index is 1420. The second-order valence-electron chi connectivity index (χ2n) is 16.8. The normalized spacial score (nSPS) is 53.9. The molecule has 7 aliphatic rings. The molecule has 0 unspecified atom stereocenters. The predicted molar refractivity (Wildman–Crippen MR) is 169 cm³/mol. The number of aliphatic hydroxyl groups is 4. The first kappa shape index (κ1) is 34.4. The van der Waals surface area contributed by atoms with E-state index in [1.165, 1.54) is 13.8 Å².